The number of hydrogen-bond donors (Lipinski definition) is 1. The average Bonchev–Trinajstić information content (AvgIpc) is 2.74. The van der Waals surface area contributed by atoms with Crippen molar-refractivity contribution >= 4 is 23.6 Å². The fraction of sp³-hybridized carbons (Fsp3) is 0.440. The third-order valence-corrected chi connectivity index (χ3v) is 5.78. The third-order valence-electron chi connectivity index (χ3n) is 4.75. The van der Waals surface area contributed by atoms with E-state index < -0.39 is 6.04 Å². The molecular formula is C25H34N2O3S. The van der Waals surface area contributed by atoms with Crippen LogP contribution >= 0.6 is 11.8 Å². The van der Waals surface area contributed by atoms with Gasteiger partial charge in [0.1, 0.15) is 11.8 Å². The van der Waals surface area contributed by atoms with Crippen molar-refractivity contribution in [1.82, 2.24) is 10.2 Å². The van der Waals surface area contributed by atoms with Crippen molar-refractivity contribution in [1.29, 1.82) is 0 Å². The number of benzene rings is 2. The van der Waals surface area contributed by atoms with Gasteiger partial charge in [0.2, 0.25) is 11.8 Å². The summed E-state index contributed by atoms with van der Waals surface area (Å²) in [5.74, 6) is 2.17. The summed E-state index contributed by atoms with van der Waals surface area (Å²) >= 11 is 1.73. The molecule has 1 N–H and O–H groups in total. The Balaban J connectivity index is 2.03. The Morgan fingerprint density at radius 2 is 1.68 bits per heavy atom. The van der Waals surface area contributed by atoms with Crippen molar-refractivity contribution in [2.75, 3.05) is 12.9 Å². The van der Waals surface area contributed by atoms with Gasteiger partial charge in [-0.1, -0.05) is 42.5 Å². The summed E-state index contributed by atoms with van der Waals surface area (Å²) in [5.41, 5.74) is 1.85. The lowest BCUT2D eigenvalue weighted by molar-refractivity contribution is -0.140. The van der Waals surface area contributed by atoms with E-state index in [1.807, 2.05) is 63.2 Å². The Hall–Kier alpha value is -2.47. The average molecular weight is 443 g/mol. The zero-order valence-electron chi connectivity index (χ0n) is 19.2. The summed E-state index contributed by atoms with van der Waals surface area (Å²) in [6.07, 6.45) is 0.390. The molecule has 0 spiro atoms. The standard InChI is InChI=1S/C25H34N2O3S/c1-19(24(29)26-25(2,3)4)27(17-20-11-13-22(30-5)14-12-20)23(28)15-16-31-18-21-9-7-6-8-10-21/h6-14,19H,15-18H2,1-5H3,(H,26,29). The van der Waals surface area contributed by atoms with Crippen molar-refractivity contribution in [3.63, 3.8) is 0 Å². The molecule has 6 heteroatoms. The molecule has 168 valence electrons. The van der Waals surface area contributed by atoms with Gasteiger partial charge in [0.15, 0.2) is 0 Å². The van der Waals surface area contributed by atoms with Crippen molar-refractivity contribution in [2.45, 2.75) is 58.0 Å². The predicted octanol–water partition coefficient (Wildman–Crippen LogP) is 4.65. The van der Waals surface area contributed by atoms with E-state index in [0.29, 0.717) is 18.7 Å². The molecule has 0 saturated carbocycles. The van der Waals surface area contributed by atoms with Crippen LogP contribution in [0, 0.1) is 0 Å². The van der Waals surface area contributed by atoms with Crippen LogP contribution in [-0.4, -0.2) is 41.2 Å². The number of nitrogens with one attached hydrogen (secondary N) is 1. The van der Waals surface area contributed by atoms with Crippen LogP contribution in [0.15, 0.2) is 54.6 Å². The van der Waals surface area contributed by atoms with Crippen LogP contribution in [0.25, 0.3) is 0 Å². The first kappa shape index (κ1) is 24.8. The van der Waals surface area contributed by atoms with E-state index in [1.165, 1.54) is 5.56 Å². The second kappa shape index (κ2) is 11.8. The van der Waals surface area contributed by atoms with Gasteiger partial charge in [0, 0.05) is 30.0 Å². The van der Waals surface area contributed by atoms with Gasteiger partial charge in [0.25, 0.3) is 0 Å². The Bertz CT molecular complexity index is 832. The van der Waals surface area contributed by atoms with E-state index in [-0.39, 0.29) is 17.4 Å². The van der Waals surface area contributed by atoms with Crippen LogP contribution in [0.1, 0.15) is 45.2 Å². The Kier molecular flexibility index (Phi) is 9.44. The van der Waals surface area contributed by atoms with Gasteiger partial charge in [-0.05, 0) is 51.0 Å². The first-order valence-electron chi connectivity index (χ1n) is 10.6. The van der Waals surface area contributed by atoms with Crippen LogP contribution in [0.5, 0.6) is 5.75 Å². The van der Waals surface area contributed by atoms with E-state index in [4.69, 9.17) is 4.74 Å². The van der Waals surface area contributed by atoms with Gasteiger partial charge in [-0.25, -0.2) is 0 Å². The largest absolute Gasteiger partial charge is 0.497 e. The smallest absolute Gasteiger partial charge is 0.242 e. The van der Waals surface area contributed by atoms with Crippen molar-refractivity contribution < 1.29 is 14.3 Å². The van der Waals surface area contributed by atoms with E-state index in [2.05, 4.69) is 17.4 Å². The second-order valence-corrected chi connectivity index (χ2v) is 9.68. The molecule has 0 radical (unpaired) electrons. The molecule has 1 atom stereocenters. The number of rotatable bonds is 10. The Morgan fingerprint density at radius 3 is 2.26 bits per heavy atom. The lowest BCUT2D eigenvalue weighted by Crippen LogP contribution is -2.52. The maximum Gasteiger partial charge on any atom is 0.242 e. The second-order valence-electron chi connectivity index (χ2n) is 8.57. The maximum absolute atomic E-state index is 13.1. The Labute approximate surface area is 190 Å². The first-order chi connectivity index (χ1) is 14.7. The number of nitrogens with zero attached hydrogens (tertiary/aromatic N) is 1. The summed E-state index contributed by atoms with van der Waals surface area (Å²) in [5, 5.41) is 2.99. The fourth-order valence-electron chi connectivity index (χ4n) is 3.05. The summed E-state index contributed by atoms with van der Waals surface area (Å²) in [7, 11) is 1.62. The molecule has 0 aliphatic heterocycles. The molecular weight excluding hydrogens is 408 g/mol. The number of carbonyl (C=O) groups excluding carboxylic acids is 2. The molecule has 0 aliphatic carbocycles. The highest BCUT2D eigenvalue weighted by Gasteiger charge is 2.28. The van der Waals surface area contributed by atoms with E-state index in [0.717, 1.165) is 17.1 Å². The molecule has 2 amide bonds. The van der Waals surface area contributed by atoms with Gasteiger partial charge in [0.05, 0.1) is 7.11 Å². The maximum atomic E-state index is 13.1. The van der Waals surface area contributed by atoms with Gasteiger partial charge in [-0.2, -0.15) is 11.8 Å². The minimum Gasteiger partial charge on any atom is -0.497 e. The molecule has 0 aromatic heterocycles. The number of amides is 2. The van der Waals surface area contributed by atoms with Crippen molar-refractivity contribution in [3.8, 4) is 5.75 Å². The Morgan fingerprint density at radius 1 is 1.03 bits per heavy atom. The molecule has 1 unspecified atom stereocenters. The number of ether oxygens (including phenoxy) is 1. The van der Waals surface area contributed by atoms with E-state index in [1.54, 1.807) is 30.7 Å². The minimum absolute atomic E-state index is 0.0204. The summed E-state index contributed by atoms with van der Waals surface area (Å²) in [6.45, 7) is 7.99. The van der Waals surface area contributed by atoms with Crippen LogP contribution in [0.4, 0.5) is 0 Å². The van der Waals surface area contributed by atoms with Crippen molar-refractivity contribution in [2.24, 2.45) is 0 Å². The lowest BCUT2D eigenvalue weighted by atomic mass is 10.1. The molecule has 0 aliphatic rings. The molecule has 0 bridgehead atoms. The summed E-state index contributed by atoms with van der Waals surface area (Å²) in [6, 6.07) is 17.2. The zero-order valence-corrected chi connectivity index (χ0v) is 20.0. The SMILES string of the molecule is COc1ccc(CN(C(=O)CCSCc2ccccc2)C(C)C(=O)NC(C)(C)C)cc1. The fourth-order valence-corrected chi connectivity index (χ4v) is 3.94. The van der Waals surface area contributed by atoms with E-state index >= 15 is 0 Å². The molecule has 31 heavy (non-hydrogen) atoms. The highest BCUT2D eigenvalue weighted by molar-refractivity contribution is 7.98. The molecule has 0 fully saturated rings. The molecule has 5 nitrogen and oxygen atoms in total. The number of hydrogen-bond acceptors (Lipinski definition) is 4. The van der Waals surface area contributed by atoms with Gasteiger partial charge >= 0.3 is 0 Å². The van der Waals surface area contributed by atoms with Gasteiger partial charge in [-0.3, -0.25) is 9.59 Å². The molecule has 2 aromatic rings. The quantitative estimate of drug-likeness (QED) is 0.544. The number of carbonyl (C=O) groups is 2. The van der Waals surface area contributed by atoms with Crippen LogP contribution < -0.4 is 10.1 Å². The molecule has 0 heterocycles. The van der Waals surface area contributed by atoms with Crippen LogP contribution in [-0.2, 0) is 21.9 Å². The van der Waals surface area contributed by atoms with Crippen molar-refractivity contribution in [3.05, 3.63) is 65.7 Å². The number of thioether (sulfide) groups is 1. The van der Waals surface area contributed by atoms with Gasteiger partial charge < -0.3 is 15.0 Å². The topological polar surface area (TPSA) is 58.6 Å². The molecule has 2 rings (SSSR count). The van der Waals surface area contributed by atoms with Gasteiger partial charge in [-0.15, -0.1) is 0 Å². The molecule has 2 aromatic carbocycles. The highest BCUT2D eigenvalue weighted by atomic mass is 32.2. The predicted molar refractivity (Wildman–Crippen MR) is 128 cm³/mol. The monoisotopic (exact) mass is 442 g/mol. The van der Waals surface area contributed by atoms with E-state index in [9.17, 15) is 9.59 Å². The normalized spacial score (nSPS) is 12.2. The highest BCUT2D eigenvalue weighted by Crippen LogP contribution is 2.18. The molecule has 0 saturated heterocycles. The summed E-state index contributed by atoms with van der Waals surface area (Å²) < 4.78 is 5.22. The number of methoxy groups -OCH3 is 1. The third kappa shape index (κ3) is 8.66. The zero-order chi connectivity index (χ0) is 22.9. The summed E-state index contributed by atoms with van der Waals surface area (Å²) in [4.78, 5) is 27.6. The first-order valence-corrected chi connectivity index (χ1v) is 11.7. The van der Waals surface area contributed by atoms with Crippen LogP contribution in [0.2, 0.25) is 0 Å². The minimum atomic E-state index is -0.562. The lowest BCUT2D eigenvalue weighted by Gasteiger charge is -2.31. The van der Waals surface area contributed by atoms with Crippen LogP contribution in [0.3, 0.4) is 0 Å².